The molecule has 112 valence electrons. The van der Waals surface area contributed by atoms with E-state index in [1.54, 1.807) is 24.3 Å². The second kappa shape index (κ2) is 5.52. The van der Waals surface area contributed by atoms with Gasteiger partial charge in [0.25, 0.3) is 11.8 Å². The van der Waals surface area contributed by atoms with Gasteiger partial charge >= 0.3 is 0 Å². The van der Waals surface area contributed by atoms with E-state index in [9.17, 15) is 9.59 Å². The number of carbonyl (C=O) groups is 2. The lowest BCUT2D eigenvalue weighted by atomic mass is 10.1. The maximum Gasteiger partial charge on any atom is 0.263 e. The van der Waals surface area contributed by atoms with E-state index in [1.165, 1.54) is 4.90 Å². The zero-order chi connectivity index (χ0) is 15.7. The van der Waals surface area contributed by atoms with Crippen LogP contribution in [0.3, 0.4) is 0 Å². The molecule has 0 aromatic heterocycles. The monoisotopic (exact) mass is 295 g/mol. The van der Waals surface area contributed by atoms with Crippen LogP contribution in [0.4, 0.5) is 11.4 Å². The summed E-state index contributed by atoms with van der Waals surface area (Å²) >= 11 is 0. The zero-order valence-electron chi connectivity index (χ0n) is 12.5. The number of hydrogen-bond acceptors (Lipinski definition) is 4. The summed E-state index contributed by atoms with van der Waals surface area (Å²) < 4.78 is 0. The van der Waals surface area contributed by atoms with Gasteiger partial charge < -0.3 is 10.2 Å². The maximum absolute atomic E-state index is 12.2. The predicted molar refractivity (Wildman–Crippen MR) is 86.2 cm³/mol. The molecule has 1 aliphatic heterocycles. The number of imide groups is 1. The molecule has 3 rings (SSSR count). The number of fused-ring (bicyclic) bond motifs is 1. The summed E-state index contributed by atoms with van der Waals surface area (Å²) in [5.74, 6) is -0.504. The fourth-order valence-corrected chi connectivity index (χ4v) is 2.43. The second-order valence-corrected chi connectivity index (χ2v) is 5.36. The van der Waals surface area contributed by atoms with Crippen LogP contribution in [0.15, 0.2) is 48.5 Å². The van der Waals surface area contributed by atoms with Gasteiger partial charge in [-0.3, -0.25) is 14.5 Å². The van der Waals surface area contributed by atoms with Crippen LogP contribution in [0.1, 0.15) is 20.7 Å². The molecule has 0 radical (unpaired) electrons. The molecule has 5 heteroatoms. The van der Waals surface area contributed by atoms with E-state index in [4.69, 9.17) is 0 Å². The highest BCUT2D eigenvalue weighted by Crippen LogP contribution is 2.22. The van der Waals surface area contributed by atoms with E-state index in [2.05, 4.69) is 5.32 Å². The van der Waals surface area contributed by atoms with Crippen molar-refractivity contribution in [3.8, 4) is 0 Å². The molecule has 22 heavy (non-hydrogen) atoms. The summed E-state index contributed by atoms with van der Waals surface area (Å²) in [7, 11) is 3.95. The van der Waals surface area contributed by atoms with E-state index >= 15 is 0 Å². The molecule has 0 unspecified atom stereocenters. The lowest BCUT2D eigenvalue weighted by Gasteiger charge is -2.17. The highest BCUT2D eigenvalue weighted by molar-refractivity contribution is 6.21. The fourth-order valence-electron chi connectivity index (χ4n) is 2.43. The normalized spacial score (nSPS) is 13.3. The number of benzene rings is 2. The smallest absolute Gasteiger partial charge is 0.263 e. The molecule has 2 aromatic carbocycles. The molecule has 0 aliphatic carbocycles. The second-order valence-electron chi connectivity index (χ2n) is 5.36. The number of anilines is 2. The van der Waals surface area contributed by atoms with Crippen molar-refractivity contribution in [2.45, 2.75) is 0 Å². The summed E-state index contributed by atoms with van der Waals surface area (Å²) in [5, 5.41) is 3.11. The standard InChI is InChI=1S/C17H17N3O2/c1-19(2)13-9-7-12(8-10-13)18-11-20-16(21)14-5-3-4-6-15(14)17(20)22/h3-10,18H,11H2,1-2H3. The first-order chi connectivity index (χ1) is 10.6. The van der Waals surface area contributed by atoms with Crippen LogP contribution in [-0.2, 0) is 0 Å². The molecule has 0 spiro atoms. The molecule has 1 N–H and O–H groups in total. The zero-order valence-corrected chi connectivity index (χ0v) is 12.5. The van der Waals surface area contributed by atoms with Gasteiger partial charge in [0.05, 0.1) is 17.8 Å². The first-order valence-corrected chi connectivity index (χ1v) is 7.04. The number of amides is 2. The van der Waals surface area contributed by atoms with Gasteiger partial charge in [-0.15, -0.1) is 0 Å². The van der Waals surface area contributed by atoms with Crippen LogP contribution in [0.5, 0.6) is 0 Å². The summed E-state index contributed by atoms with van der Waals surface area (Å²) in [4.78, 5) is 27.7. The van der Waals surface area contributed by atoms with Crippen LogP contribution in [0.25, 0.3) is 0 Å². The summed E-state index contributed by atoms with van der Waals surface area (Å²) in [6.45, 7) is 0.160. The van der Waals surface area contributed by atoms with Crippen LogP contribution in [0, 0.1) is 0 Å². The molecule has 0 saturated carbocycles. The largest absolute Gasteiger partial charge is 0.378 e. The Morgan fingerprint density at radius 3 is 1.95 bits per heavy atom. The SMILES string of the molecule is CN(C)c1ccc(NCN2C(=O)c3ccccc3C2=O)cc1. The van der Waals surface area contributed by atoms with Gasteiger partial charge in [0, 0.05) is 25.5 Å². The number of rotatable bonds is 4. The van der Waals surface area contributed by atoms with Crippen molar-refractivity contribution in [3.63, 3.8) is 0 Å². The van der Waals surface area contributed by atoms with E-state index in [0.717, 1.165) is 11.4 Å². The number of carbonyl (C=O) groups excluding carboxylic acids is 2. The molecule has 0 fully saturated rings. The van der Waals surface area contributed by atoms with E-state index in [-0.39, 0.29) is 18.5 Å². The Kier molecular flexibility index (Phi) is 3.55. The van der Waals surface area contributed by atoms with Gasteiger partial charge in [-0.1, -0.05) is 12.1 Å². The number of hydrogen-bond donors (Lipinski definition) is 1. The topological polar surface area (TPSA) is 52.6 Å². The highest BCUT2D eigenvalue weighted by Gasteiger charge is 2.34. The molecular weight excluding hydrogens is 278 g/mol. The van der Waals surface area contributed by atoms with E-state index < -0.39 is 0 Å². The fraction of sp³-hybridized carbons (Fsp3) is 0.176. The quantitative estimate of drug-likeness (QED) is 0.880. The van der Waals surface area contributed by atoms with Crippen molar-refractivity contribution >= 4 is 23.2 Å². The Labute approximate surface area is 129 Å². The molecule has 0 atom stereocenters. The van der Waals surface area contributed by atoms with Gasteiger partial charge in [0.1, 0.15) is 0 Å². The minimum atomic E-state index is -0.252. The maximum atomic E-state index is 12.2. The van der Waals surface area contributed by atoms with E-state index in [1.807, 2.05) is 43.3 Å². The Morgan fingerprint density at radius 2 is 1.45 bits per heavy atom. The minimum absolute atomic E-state index is 0.160. The van der Waals surface area contributed by atoms with Gasteiger partial charge in [-0.05, 0) is 36.4 Å². The Morgan fingerprint density at radius 1 is 0.909 bits per heavy atom. The average molecular weight is 295 g/mol. The molecule has 1 aliphatic rings. The third-order valence-corrected chi connectivity index (χ3v) is 3.70. The van der Waals surface area contributed by atoms with Crippen LogP contribution in [-0.4, -0.2) is 37.5 Å². The van der Waals surface area contributed by atoms with Crippen LogP contribution < -0.4 is 10.2 Å². The van der Waals surface area contributed by atoms with Crippen molar-refractivity contribution in [2.75, 3.05) is 31.0 Å². The lowest BCUT2D eigenvalue weighted by Crippen LogP contribution is -2.34. The molecule has 2 aromatic rings. The van der Waals surface area contributed by atoms with Crippen LogP contribution >= 0.6 is 0 Å². The van der Waals surface area contributed by atoms with Crippen molar-refractivity contribution in [1.29, 1.82) is 0 Å². The lowest BCUT2D eigenvalue weighted by molar-refractivity contribution is 0.0666. The van der Waals surface area contributed by atoms with Crippen molar-refractivity contribution in [2.24, 2.45) is 0 Å². The molecule has 2 amide bonds. The van der Waals surface area contributed by atoms with Crippen molar-refractivity contribution in [1.82, 2.24) is 4.90 Å². The Balaban J connectivity index is 1.70. The van der Waals surface area contributed by atoms with E-state index in [0.29, 0.717) is 11.1 Å². The van der Waals surface area contributed by atoms with Crippen molar-refractivity contribution < 1.29 is 9.59 Å². The van der Waals surface area contributed by atoms with Gasteiger partial charge in [0.2, 0.25) is 0 Å². The summed E-state index contributed by atoms with van der Waals surface area (Å²) in [6.07, 6.45) is 0. The molecule has 1 heterocycles. The first-order valence-electron chi connectivity index (χ1n) is 7.04. The predicted octanol–water partition coefficient (Wildman–Crippen LogP) is 2.42. The number of nitrogens with zero attached hydrogens (tertiary/aromatic N) is 2. The molecule has 5 nitrogen and oxygen atoms in total. The molecule has 0 saturated heterocycles. The summed E-state index contributed by atoms with van der Waals surface area (Å²) in [5.41, 5.74) is 2.89. The third kappa shape index (κ3) is 2.41. The Bertz CT molecular complexity index is 688. The molecule has 0 bridgehead atoms. The minimum Gasteiger partial charge on any atom is -0.378 e. The summed E-state index contributed by atoms with van der Waals surface area (Å²) in [6, 6.07) is 14.7. The van der Waals surface area contributed by atoms with Crippen LogP contribution in [0.2, 0.25) is 0 Å². The molecular formula is C17H17N3O2. The average Bonchev–Trinajstić information content (AvgIpc) is 2.78. The third-order valence-electron chi connectivity index (χ3n) is 3.70. The van der Waals surface area contributed by atoms with Gasteiger partial charge in [-0.25, -0.2) is 0 Å². The van der Waals surface area contributed by atoms with Crippen molar-refractivity contribution in [3.05, 3.63) is 59.7 Å². The first kappa shape index (κ1) is 14.1. The van der Waals surface area contributed by atoms with Gasteiger partial charge in [-0.2, -0.15) is 0 Å². The number of nitrogens with one attached hydrogen (secondary N) is 1. The van der Waals surface area contributed by atoms with Gasteiger partial charge in [0.15, 0.2) is 0 Å². The highest BCUT2D eigenvalue weighted by atomic mass is 16.2. The Hall–Kier alpha value is -2.82.